The minimum atomic E-state index is -0.603. The van der Waals surface area contributed by atoms with Crippen LogP contribution in [0.1, 0.15) is 24.0 Å². The maximum Gasteiger partial charge on any atom is 0.130 e. The molecule has 0 unspecified atom stereocenters. The largest absolute Gasteiger partial charge is 0.491 e. The van der Waals surface area contributed by atoms with E-state index in [1.807, 2.05) is 24.3 Å². The third-order valence-electron chi connectivity index (χ3n) is 5.03. The topological polar surface area (TPSA) is 65.0 Å². The molecule has 3 N–H and O–H groups in total. The summed E-state index contributed by atoms with van der Waals surface area (Å²) in [7, 11) is 0. The van der Waals surface area contributed by atoms with Crippen LogP contribution < -0.4 is 10.1 Å². The summed E-state index contributed by atoms with van der Waals surface area (Å²) in [6.07, 6.45) is 0.651. The number of ether oxygens (including phenoxy) is 1. The van der Waals surface area contributed by atoms with E-state index in [4.69, 9.17) is 4.74 Å². The lowest BCUT2D eigenvalue weighted by Gasteiger charge is -2.30. The third-order valence-corrected chi connectivity index (χ3v) is 5.03. The van der Waals surface area contributed by atoms with Gasteiger partial charge in [-0.05, 0) is 36.6 Å². The Morgan fingerprint density at radius 3 is 2.66 bits per heavy atom. The predicted octanol–water partition coefficient (Wildman–Crippen LogP) is 2.45. The van der Waals surface area contributed by atoms with Crippen LogP contribution in [0.4, 0.5) is 8.78 Å². The molecule has 1 fully saturated rings. The second kappa shape index (κ2) is 10.6. The van der Waals surface area contributed by atoms with Crippen LogP contribution in [0.2, 0.25) is 0 Å². The summed E-state index contributed by atoms with van der Waals surface area (Å²) >= 11 is 0. The standard InChI is InChI=1S/C22H28F2N2O3/c23-18-5-4-17(22(24)11-18)13-25-12-16-2-1-3-21(10-16)29-15-20(28)14-26-8-6-19(27)7-9-26/h1-5,10-11,19-20,25,27-28H,6-9,12-15H2/t20-/m1/s1. The molecule has 1 aliphatic rings. The number of β-amino-alcohol motifs (C(OH)–C–C–N with tert-alkyl or cyclic N) is 1. The van der Waals surface area contributed by atoms with E-state index in [0.717, 1.165) is 37.6 Å². The highest BCUT2D eigenvalue weighted by Gasteiger charge is 2.19. The number of nitrogens with zero attached hydrogens (tertiary/aromatic N) is 1. The van der Waals surface area contributed by atoms with Gasteiger partial charge in [0, 0.05) is 44.4 Å². The van der Waals surface area contributed by atoms with Crippen LogP contribution in [-0.2, 0) is 13.1 Å². The zero-order valence-corrected chi connectivity index (χ0v) is 16.4. The van der Waals surface area contributed by atoms with E-state index < -0.39 is 17.7 Å². The van der Waals surface area contributed by atoms with Gasteiger partial charge in [-0.2, -0.15) is 0 Å². The number of aliphatic hydroxyl groups excluding tert-OH is 2. The first kappa shape index (κ1) is 21.6. The highest BCUT2D eigenvalue weighted by atomic mass is 19.1. The van der Waals surface area contributed by atoms with E-state index in [1.165, 1.54) is 12.1 Å². The van der Waals surface area contributed by atoms with Gasteiger partial charge in [0.25, 0.3) is 0 Å². The lowest BCUT2D eigenvalue weighted by molar-refractivity contribution is 0.0337. The van der Waals surface area contributed by atoms with Gasteiger partial charge in [0.15, 0.2) is 0 Å². The molecule has 2 aromatic carbocycles. The molecule has 0 amide bonds. The normalized spacial score (nSPS) is 16.7. The van der Waals surface area contributed by atoms with Crippen molar-refractivity contribution in [3.63, 3.8) is 0 Å². The quantitative estimate of drug-likeness (QED) is 0.597. The van der Waals surface area contributed by atoms with Crippen molar-refractivity contribution in [3.8, 4) is 5.75 Å². The molecule has 29 heavy (non-hydrogen) atoms. The summed E-state index contributed by atoms with van der Waals surface area (Å²) in [5.74, 6) is -0.492. The monoisotopic (exact) mass is 406 g/mol. The number of hydrogen-bond donors (Lipinski definition) is 3. The molecule has 0 bridgehead atoms. The summed E-state index contributed by atoms with van der Waals surface area (Å²) < 4.78 is 32.3. The molecular formula is C22H28F2N2O3. The summed E-state index contributed by atoms with van der Waals surface area (Å²) in [5.41, 5.74) is 1.37. The minimum Gasteiger partial charge on any atom is -0.491 e. The van der Waals surface area contributed by atoms with Gasteiger partial charge in [0.05, 0.1) is 6.10 Å². The lowest BCUT2D eigenvalue weighted by Crippen LogP contribution is -2.41. The molecule has 158 valence electrons. The van der Waals surface area contributed by atoms with Crippen LogP contribution in [-0.4, -0.2) is 53.6 Å². The van der Waals surface area contributed by atoms with Gasteiger partial charge >= 0.3 is 0 Å². The Morgan fingerprint density at radius 1 is 1.10 bits per heavy atom. The average molecular weight is 406 g/mol. The highest BCUT2D eigenvalue weighted by Crippen LogP contribution is 2.15. The van der Waals surface area contributed by atoms with E-state index in [-0.39, 0.29) is 12.7 Å². The van der Waals surface area contributed by atoms with Crippen molar-refractivity contribution >= 4 is 0 Å². The highest BCUT2D eigenvalue weighted by molar-refractivity contribution is 5.28. The Balaban J connectivity index is 1.41. The van der Waals surface area contributed by atoms with Crippen LogP contribution in [0.15, 0.2) is 42.5 Å². The fraction of sp³-hybridized carbons (Fsp3) is 0.455. The van der Waals surface area contributed by atoms with Crippen LogP contribution in [0.5, 0.6) is 5.75 Å². The van der Waals surface area contributed by atoms with Gasteiger partial charge in [-0.15, -0.1) is 0 Å². The second-order valence-electron chi connectivity index (χ2n) is 7.48. The first-order valence-electron chi connectivity index (χ1n) is 9.94. The van der Waals surface area contributed by atoms with Crippen molar-refractivity contribution in [1.82, 2.24) is 10.2 Å². The Bertz CT molecular complexity index is 782. The van der Waals surface area contributed by atoms with E-state index in [0.29, 0.717) is 30.9 Å². The van der Waals surface area contributed by atoms with Gasteiger partial charge in [-0.1, -0.05) is 18.2 Å². The molecule has 2 aromatic rings. The Labute approximate surface area is 169 Å². The zero-order chi connectivity index (χ0) is 20.6. The molecule has 1 heterocycles. The van der Waals surface area contributed by atoms with E-state index >= 15 is 0 Å². The predicted molar refractivity (Wildman–Crippen MR) is 107 cm³/mol. The van der Waals surface area contributed by atoms with Gasteiger partial charge < -0.3 is 25.2 Å². The van der Waals surface area contributed by atoms with Crippen LogP contribution in [0.3, 0.4) is 0 Å². The number of nitrogens with one attached hydrogen (secondary N) is 1. The number of aliphatic hydroxyl groups is 2. The molecule has 0 spiro atoms. The fourth-order valence-corrected chi connectivity index (χ4v) is 3.40. The summed E-state index contributed by atoms with van der Waals surface area (Å²) in [4.78, 5) is 2.13. The molecule has 0 aromatic heterocycles. The first-order valence-corrected chi connectivity index (χ1v) is 9.94. The van der Waals surface area contributed by atoms with Crippen molar-refractivity contribution in [2.45, 2.75) is 38.1 Å². The van der Waals surface area contributed by atoms with Crippen molar-refractivity contribution in [2.24, 2.45) is 0 Å². The van der Waals surface area contributed by atoms with Crippen molar-refractivity contribution < 1.29 is 23.7 Å². The lowest BCUT2D eigenvalue weighted by atomic mass is 10.1. The van der Waals surface area contributed by atoms with Crippen LogP contribution in [0, 0.1) is 11.6 Å². The minimum absolute atomic E-state index is 0.191. The summed E-state index contributed by atoms with van der Waals surface area (Å²) in [6, 6.07) is 11.0. The molecule has 3 rings (SSSR count). The molecule has 7 heteroatoms. The zero-order valence-electron chi connectivity index (χ0n) is 16.4. The Kier molecular flexibility index (Phi) is 7.94. The number of benzene rings is 2. The molecule has 0 aliphatic carbocycles. The fourth-order valence-electron chi connectivity index (χ4n) is 3.40. The maximum absolute atomic E-state index is 13.7. The van der Waals surface area contributed by atoms with E-state index in [1.54, 1.807) is 0 Å². The SMILES string of the molecule is OC1CCN(C[C@@H](O)COc2cccc(CNCc3ccc(F)cc3F)c2)CC1. The van der Waals surface area contributed by atoms with Crippen molar-refractivity contribution in [2.75, 3.05) is 26.2 Å². The van der Waals surface area contributed by atoms with E-state index in [9.17, 15) is 19.0 Å². The van der Waals surface area contributed by atoms with Gasteiger partial charge in [-0.3, -0.25) is 0 Å². The second-order valence-corrected chi connectivity index (χ2v) is 7.48. The summed E-state index contributed by atoms with van der Waals surface area (Å²) in [5, 5.41) is 22.9. The molecular weight excluding hydrogens is 378 g/mol. The number of likely N-dealkylation sites (tertiary alicyclic amines) is 1. The van der Waals surface area contributed by atoms with Crippen molar-refractivity contribution in [1.29, 1.82) is 0 Å². The van der Waals surface area contributed by atoms with Crippen molar-refractivity contribution in [3.05, 3.63) is 65.2 Å². The maximum atomic E-state index is 13.7. The van der Waals surface area contributed by atoms with Gasteiger partial charge in [0.2, 0.25) is 0 Å². The molecule has 1 aliphatic heterocycles. The molecule has 5 nitrogen and oxygen atoms in total. The van der Waals surface area contributed by atoms with Crippen LogP contribution >= 0.6 is 0 Å². The first-order chi connectivity index (χ1) is 14.0. The number of halogens is 2. The smallest absolute Gasteiger partial charge is 0.130 e. The molecule has 0 radical (unpaired) electrons. The number of hydrogen-bond acceptors (Lipinski definition) is 5. The van der Waals surface area contributed by atoms with Gasteiger partial charge in [-0.25, -0.2) is 8.78 Å². The number of rotatable bonds is 9. The Morgan fingerprint density at radius 2 is 1.90 bits per heavy atom. The third kappa shape index (κ3) is 7.04. The van der Waals surface area contributed by atoms with E-state index in [2.05, 4.69) is 10.2 Å². The average Bonchev–Trinajstić information content (AvgIpc) is 2.70. The number of piperidine rings is 1. The molecule has 0 saturated carbocycles. The van der Waals surface area contributed by atoms with Crippen LogP contribution in [0.25, 0.3) is 0 Å². The molecule has 1 saturated heterocycles. The van der Waals surface area contributed by atoms with Gasteiger partial charge in [0.1, 0.15) is 30.1 Å². The molecule has 1 atom stereocenters. The summed E-state index contributed by atoms with van der Waals surface area (Å²) in [6.45, 7) is 3.09. The Hall–Kier alpha value is -2.06.